The van der Waals surface area contributed by atoms with Crippen molar-refractivity contribution in [3.63, 3.8) is 0 Å². The lowest BCUT2D eigenvalue weighted by molar-refractivity contribution is -0.136. The standard InChI is InChI=1S/C19H26F2N4O2/c1-14-4-2-3-7-25(14)18(26)13-23-8-10-24(11-9-23)19(27)22-17-12-15(20)5-6-16(17)21/h5-6,12,14H,2-4,7-11,13H2,1H3,(H,22,27). The van der Waals surface area contributed by atoms with Gasteiger partial charge in [-0.2, -0.15) is 0 Å². The number of piperazine rings is 1. The molecule has 27 heavy (non-hydrogen) atoms. The van der Waals surface area contributed by atoms with Gasteiger partial charge in [-0.05, 0) is 38.3 Å². The quantitative estimate of drug-likeness (QED) is 0.877. The van der Waals surface area contributed by atoms with Crippen LogP contribution in [0.3, 0.4) is 0 Å². The fraction of sp³-hybridized carbons (Fsp3) is 0.579. The van der Waals surface area contributed by atoms with Crippen LogP contribution in [0.25, 0.3) is 0 Å². The van der Waals surface area contributed by atoms with Crippen molar-refractivity contribution in [2.75, 3.05) is 44.6 Å². The summed E-state index contributed by atoms with van der Waals surface area (Å²) >= 11 is 0. The lowest BCUT2D eigenvalue weighted by Crippen LogP contribution is -2.53. The van der Waals surface area contributed by atoms with Crippen molar-refractivity contribution in [3.8, 4) is 0 Å². The average Bonchev–Trinajstić information content (AvgIpc) is 2.65. The molecule has 0 aliphatic carbocycles. The van der Waals surface area contributed by atoms with Crippen molar-refractivity contribution in [1.29, 1.82) is 0 Å². The summed E-state index contributed by atoms with van der Waals surface area (Å²) in [4.78, 5) is 30.3. The summed E-state index contributed by atoms with van der Waals surface area (Å²) in [7, 11) is 0. The van der Waals surface area contributed by atoms with Gasteiger partial charge >= 0.3 is 6.03 Å². The molecule has 0 bridgehead atoms. The molecule has 0 aromatic heterocycles. The highest BCUT2D eigenvalue weighted by atomic mass is 19.1. The van der Waals surface area contributed by atoms with Gasteiger partial charge in [-0.15, -0.1) is 0 Å². The van der Waals surface area contributed by atoms with Gasteiger partial charge in [-0.1, -0.05) is 0 Å². The molecule has 2 fully saturated rings. The number of hydrogen-bond acceptors (Lipinski definition) is 3. The normalized spacial score (nSPS) is 21.2. The Morgan fingerprint density at radius 2 is 1.85 bits per heavy atom. The van der Waals surface area contributed by atoms with Crippen LogP contribution < -0.4 is 5.32 Å². The molecule has 3 amide bonds. The molecular formula is C19H26F2N4O2. The molecule has 2 heterocycles. The van der Waals surface area contributed by atoms with E-state index in [-0.39, 0.29) is 11.6 Å². The van der Waals surface area contributed by atoms with Crippen molar-refractivity contribution in [3.05, 3.63) is 29.8 Å². The Kier molecular flexibility index (Phi) is 6.26. The molecule has 0 spiro atoms. The van der Waals surface area contributed by atoms with E-state index < -0.39 is 17.7 Å². The summed E-state index contributed by atoms with van der Waals surface area (Å²) in [5.41, 5.74) is -0.170. The zero-order chi connectivity index (χ0) is 19.4. The molecule has 1 aromatic carbocycles. The highest BCUT2D eigenvalue weighted by Crippen LogP contribution is 2.18. The first kappa shape index (κ1) is 19.5. The van der Waals surface area contributed by atoms with E-state index in [0.717, 1.165) is 37.6 Å². The Balaban J connectivity index is 1.47. The first-order valence-corrected chi connectivity index (χ1v) is 9.47. The van der Waals surface area contributed by atoms with Crippen LogP contribution in [0.5, 0.6) is 0 Å². The van der Waals surface area contributed by atoms with Crippen molar-refractivity contribution in [1.82, 2.24) is 14.7 Å². The Morgan fingerprint density at radius 1 is 1.11 bits per heavy atom. The van der Waals surface area contributed by atoms with Crippen LogP contribution in [0.15, 0.2) is 18.2 Å². The van der Waals surface area contributed by atoms with Gasteiger partial charge in [0.2, 0.25) is 5.91 Å². The molecule has 148 valence electrons. The molecule has 1 N–H and O–H groups in total. The first-order valence-electron chi connectivity index (χ1n) is 9.47. The highest BCUT2D eigenvalue weighted by molar-refractivity contribution is 5.89. The molecule has 1 unspecified atom stereocenters. The molecule has 2 aliphatic heterocycles. The zero-order valence-corrected chi connectivity index (χ0v) is 15.6. The topological polar surface area (TPSA) is 55.9 Å². The van der Waals surface area contributed by atoms with Crippen LogP contribution in [-0.4, -0.2) is 71.9 Å². The van der Waals surface area contributed by atoms with Gasteiger partial charge in [0.1, 0.15) is 11.6 Å². The summed E-state index contributed by atoms with van der Waals surface area (Å²) in [6.45, 7) is 5.29. The van der Waals surface area contributed by atoms with E-state index in [0.29, 0.717) is 38.8 Å². The van der Waals surface area contributed by atoms with E-state index in [9.17, 15) is 18.4 Å². The maximum atomic E-state index is 13.7. The van der Waals surface area contributed by atoms with Crippen molar-refractivity contribution in [2.24, 2.45) is 0 Å². The van der Waals surface area contributed by atoms with Crippen molar-refractivity contribution < 1.29 is 18.4 Å². The van der Waals surface area contributed by atoms with Crippen LogP contribution in [0.1, 0.15) is 26.2 Å². The minimum Gasteiger partial charge on any atom is -0.339 e. The molecule has 2 aliphatic rings. The monoisotopic (exact) mass is 380 g/mol. The Bertz CT molecular complexity index is 692. The predicted molar refractivity (Wildman–Crippen MR) is 98.4 cm³/mol. The summed E-state index contributed by atoms with van der Waals surface area (Å²) in [6, 6.07) is 2.77. The van der Waals surface area contributed by atoms with E-state index in [2.05, 4.69) is 12.2 Å². The Morgan fingerprint density at radius 3 is 2.56 bits per heavy atom. The van der Waals surface area contributed by atoms with E-state index in [4.69, 9.17) is 0 Å². The molecule has 8 heteroatoms. The molecule has 0 radical (unpaired) electrons. The van der Waals surface area contributed by atoms with Gasteiger partial charge in [0.25, 0.3) is 0 Å². The number of rotatable bonds is 3. The Labute approximate surface area is 158 Å². The number of amides is 3. The number of halogens is 2. The number of carbonyl (C=O) groups is 2. The van der Waals surface area contributed by atoms with E-state index in [1.807, 2.05) is 9.80 Å². The van der Waals surface area contributed by atoms with Crippen LogP contribution in [0, 0.1) is 11.6 Å². The maximum absolute atomic E-state index is 13.7. The third-order valence-corrected chi connectivity index (χ3v) is 5.31. The van der Waals surface area contributed by atoms with Crippen molar-refractivity contribution in [2.45, 2.75) is 32.2 Å². The number of nitrogens with zero attached hydrogens (tertiary/aromatic N) is 3. The second-order valence-electron chi connectivity index (χ2n) is 7.25. The lowest BCUT2D eigenvalue weighted by Gasteiger charge is -2.38. The fourth-order valence-electron chi connectivity index (χ4n) is 3.65. The van der Waals surface area contributed by atoms with E-state index >= 15 is 0 Å². The summed E-state index contributed by atoms with van der Waals surface area (Å²) < 4.78 is 26.9. The number of carbonyl (C=O) groups excluding carboxylic acids is 2. The minimum absolute atomic E-state index is 0.141. The molecule has 3 rings (SSSR count). The number of hydrogen-bond donors (Lipinski definition) is 1. The average molecular weight is 380 g/mol. The van der Waals surface area contributed by atoms with E-state index in [1.165, 1.54) is 6.42 Å². The number of piperidine rings is 1. The van der Waals surface area contributed by atoms with E-state index in [1.54, 1.807) is 4.90 Å². The second-order valence-corrected chi connectivity index (χ2v) is 7.25. The SMILES string of the molecule is CC1CCCCN1C(=O)CN1CCN(C(=O)Nc2cc(F)ccc2F)CC1. The zero-order valence-electron chi connectivity index (χ0n) is 15.6. The van der Waals surface area contributed by atoms with Crippen LogP contribution >= 0.6 is 0 Å². The minimum atomic E-state index is -0.676. The summed E-state index contributed by atoms with van der Waals surface area (Å²) in [5, 5.41) is 2.41. The molecule has 0 saturated carbocycles. The molecule has 2 saturated heterocycles. The third-order valence-electron chi connectivity index (χ3n) is 5.31. The van der Waals surface area contributed by atoms with Gasteiger partial charge in [0.05, 0.1) is 12.2 Å². The van der Waals surface area contributed by atoms with Gasteiger partial charge < -0.3 is 15.1 Å². The summed E-state index contributed by atoms with van der Waals surface area (Å²) in [5.74, 6) is -1.14. The summed E-state index contributed by atoms with van der Waals surface area (Å²) in [6.07, 6.45) is 3.28. The number of nitrogens with one attached hydrogen (secondary N) is 1. The lowest BCUT2D eigenvalue weighted by atomic mass is 10.0. The molecule has 6 nitrogen and oxygen atoms in total. The van der Waals surface area contributed by atoms with Gasteiger partial charge in [-0.3, -0.25) is 9.69 Å². The first-order chi connectivity index (χ1) is 12.9. The molecule has 1 aromatic rings. The van der Waals surface area contributed by atoms with Crippen LogP contribution in [0.2, 0.25) is 0 Å². The molecular weight excluding hydrogens is 354 g/mol. The maximum Gasteiger partial charge on any atom is 0.322 e. The smallest absolute Gasteiger partial charge is 0.322 e. The predicted octanol–water partition coefficient (Wildman–Crippen LogP) is 2.52. The second kappa shape index (κ2) is 8.65. The van der Waals surface area contributed by atoms with Gasteiger partial charge in [-0.25, -0.2) is 13.6 Å². The largest absolute Gasteiger partial charge is 0.339 e. The number of likely N-dealkylation sites (tertiary alicyclic amines) is 1. The fourth-order valence-corrected chi connectivity index (χ4v) is 3.65. The third kappa shape index (κ3) is 4.94. The molecule has 1 atom stereocenters. The van der Waals surface area contributed by atoms with Crippen molar-refractivity contribution >= 4 is 17.6 Å². The van der Waals surface area contributed by atoms with Crippen LogP contribution in [-0.2, 0) is 4.79 Å². The number of urea groups is 1. The highest BCUT2D eigenvalue weighted by Gasteiger charge is 2.27. The Hall–Kier alpha value is -2.22. The van der Waals surface area contributed by atoms with Gasteiger partial charge in [0, 0.05) is 44.8 Å². The van der Waals surface area contributed by atoms with Crippen LogP contribution in [0.4, 0.5) is 19.3 Å². The number of benzene rings is 1. The number of anilines is 1. The van der Waals surface area contributed by atoms with Gasteiger partial charge in [0.15, 0.2) is 0 Å².